The van der Waals surface area contributed by atoms with Crippen molar-refractivity contribution in [2.45, 2.75) is 24.7 Å². The number of hydrogen-bond donors (Lipinski definition) is 1. The Morgan fingerprint density at radius 2 is 2.00 bits per heavy atom. The average molecular weight is 432 g/mol. The minimum Gasteiger partial charge on any atom is -0.317 e. The smallest absolute Gasteiger partial charge is 0.245 e. The van der Waals surface area contributed by atoms with E-state index in [4.69, 9.17) is 11.6 Å². The molecule has 0 bridgehead atoms. The van der Waals surface area contributed by atoms with E-state index in [1.54, 1.807) is 22.5 Å². The zero-order valence-corrected chi connectivity index (χ0v) is 16.4. The van der Waals surface area contributed by atoms with E-state index < -0.39 is 10.0 Å². The molecule has 22 heavy (non-hydrogen) atoms. The summed E-state index contributed by atoms with van der Waals surface area (Å²) in [6.07, 6.45) is 1.77. The summed E-state index contributed by atoms with van der Waals surface area (Å²) < 4.78 is 27.6. The average Bonchev–Trinajstić information content (AvgIpc) is 2.45. The number of hydrogen-bond acceptors (Lipinski definition) is 3. The van der Waals surface area contributed by atoms with Gasteiger partial charge in [-0.15, -0.1) is 12.4 Å². The van der Waals surface area contributed by atoms with E-state index in [0.717, 1.165) is 25.9 Å². The predicted molar refractivity (Wildman–Crippen MR) is 96.4 cm³/mol. The maximum atomic E-state index is 12.7. The second-order valence-corrected chi connectivity index (χ2v) is 8.34. The molecule has 0 radical (unpaired) electrons. The Balaban J connectivity index is 0.00000242. The first-order valence-electron chi connectivity index (χ1n) is 7.11. The van der Waals surface area contributed by atoms with Crippen molar-refractivity contribution in [3.05, 3.63) is 27.7 Å². The molecule has 4 nitrogen and oxygen atoms in total. The number of sulfonamides is 1. The minimum absolute atomic E-state index is 0. The Morgan fingerprint density at radius 1 is 1.36 bits per heavy atom. The van der Waals surface area contributed by atoms with Crippen molar-refractivity contribution >= 4 is 50.0 Å². The normalized spacial score (nSPS) is 17.2. The van der Waals surface area contributed by atoms with Crippen LogP contribution in [0.25, 0.3) is 0 Å². The fraction of sp³-hybridized carbons (Fsp3) is 0.571. The lowest BCUT2D eigenvalue weighted by Gasteiger charge is -2.31. The number of nitrogens with zero attached hydrogens (tertiary/aromatic N) is 1. The van der Waals surface area contributed by atoms with Crippen LogP contribution in [0.15, 0.2) is 27.6 Å². The van der Waals surface area contributed by atoms with E-state index in [1.807, 2.05) is 0 Å². The number of piperidine rings is 1. The van der Waals surface area contributed by atoms with E-state index in [0.29, 0.717) is 23.5 Å². The van der Waals surface area contributed by atoms with Crippen molar-refractivity contribution < 1.29 is 8.42 Å². The van der Waals surface area contributed by atoms with Gasteiger partial charge in [0, 0.05) is 17.6 Å². The molecule has 1 aliphatic heterocycles. The van der Waals surface area contributed by atoms with Gasteiger partial charge in [0.1, 0.15) is 4.90 Å². The largest absolute Gasteiger partial charge is 0.317 e. The van der Waals surface area contributed by atoms with E-state index in [9.17, 15) is 8.42 Å². The second kappa shape index (κ2) is 8.85. The maximum Gasteiger partial charge on any atom is 0.245 e. The minimum atomic E-state index is -3.53. The predicted octanol–water partition coefficient (Wildman–Crippen LogP) is 3.53. The van der Waals surface area contributed by atoms with E-state index in [2.05, 4.69) is 28.2 Å². The molecule has 126 valence electrons. The van der Waals surface area contributed by atoms with Crippen LogP contribution < -0.4 is 5.32 Å². The molecule has 0 spiro atoms. The first kappa shape index (κ1) is 20.2. The number of benzene rings is 1. The molecule has 1 N–H and O–H groups in total. The summed E-state index contributed by atoms with van der Waals surface area (Å²) in [5.41, 5.74) is 0. The van der Waals surface area contributed by atoms with Gasteiger partial charge in [-0.2, -0.15) is 4.31 Å². The van der Waals surface area contributed by atoms with Crippen molar-refractivity contribution in [2.24, 2.45) is 5.92 Å². The Kier molecular flexibility index (Phi) is 8.12. The Hall–Kier alpha value is 0.150. The molecule has 0 atom stereocenters. The van der Waals surface area contributed by atoms with Crippen LogP contribution in [0.5, 0.6) is 0 Å². The van der Waals surface area contributed by atoms with Gasteiger partial charge >= 0.3 is 0 Å². The molecule has 0 saturated carbocycles. The van der Waals surface area contributed by atoms with E-state index in [-0.39, 0.29) is 22.3 Å². The molecule has 0 unspecified atom stereocenters. The molecule has 1 aromatic carbocycles. The van der Waals surface area contributed by atoms with Gasteiger partial charge in [0.15, 0.2) is 0 Å². The Morgan fingerprint density at radius 3 is 2.55 bits per heavy atom. The fourth-order valence-corrected chi connectivity index (χ4v) is 5.70. The summed E-state index contributed by atoms with van der Waals surface area (Å²) in [4.78, 5) is 0.178. The second-order valence-electron chi connectivity index (χ2n) is 5.21. The molecule has 1 aromatic rings. The Labute approximate surface area is 152 Å². The number of halogens is 3. The molecule has 8 heteroatoms. The third-order valence-corrected chi connectivity index (χ3v) is 7.12. The summed E-state index contributed by atoms with van der Waals surface area (Å²) >= 11 is 9.38. The molecule has 1 aliphatic rings. The van der Waals surface area contributed by atoms with Crippen molar-refractivity contribution in [1.82, 2.24) is 9.62 Å². The summed E-state index contributed by atoms with van der Waals surface area (Å²) in [6.45, 7) is 5.09. The highest BCUT2D eigenvalue weighted by molar-refractivity contribution is 9.10. The van der Waals surface area contributed by atoms with Crippen molar-refractivity contribution in [3.8, 4) is 0 Å². The molecular weight excluding hydrogens is 411 g/mol. The van der Waals surface area contributed by atoms with Crippen LogP contribution in [-0.2, 0) is 10.0 Å². The molecule has 2 rings (SSSR count). The maximum absolute atomic E-state index is 12.7. The molecule has 1 saturated heterocycles. The van der Waals surface area contributed by atoms with E-state index >= 15 is 0 Å². The highest BCUT2D eigenvalue weighted by atomic mass is 79.9. The lowest BCUT2D eigenvalue weighted by molar-refractivity contribution is 0.268. The highest BCUT2D eigenvalue weighted by Crippen LogP contribution is 2.33. The summed E-state index contributed by atoms with van der Waals surface area (Å²) in [7, 11) is -3.53. The molecule has 0 amide bonds. The monoisotopic (exact) mass is 430 g/mol. The Bertz CT molecular complexity index is 570. The van der Waals surface area contributed by atoms with Gasteiger partial charge in [-0.1, -0.05) is 24.6 Å². The first-order valence-corrected chi connectivity index (χ1v) is 9.72. The number of nitrogens with one attached hydrogen (secondary N) is 1. The van der Waals surface area contributed by atoms with Crippen LogP contribution >= 0.6 is 39.9 Å². The first-order chi connectivity index (χ1) is 9.96. The molecule has 1 heterocycles. The van der Waals surface area contributed by atoms with Crippen LogP contribution in [0.2, 0.25) is 5.02 Å². The zero-order valence-electron chi connectivity index (χ0n) is 12.4. The number of rotatable bonds is 5. The van der Waals surface area contributed by atoms with Crippen LogP contribution in [-0.4, -0.2) is 38.9 Å². The van der Waals surface area contributed by atoms with Gasteiger partial charge < -0.3 is 5.32 Å². The van der Waals surface area contributed by atoms with Crippen LogP contribution in [0.3, 0.4) is 0 Å². The quantitative estimate of drug-likeness (QED) is 0.775. The van der Waals surface area contributed by atoms with Gasteiger partial charge in [-0.25, -0.2) is 8.42 Å². The zero-order chi connectivity index (χ0) is 15.5. The summed E-state index contributed by atoms with van der Waals surface area (Å²) in [6, 6.07) is 5.04. The van der Waals surface area contributed by atoms with Gasteiger partial charge in [0.2, 0.25) is 10.0 Å². The highest BCUT2D eigenvalue weighted by Gasteiger charge is 2.32. The fourth-order valence-electron chi connectivity index (χ4n) is 2.56. The van der Waals surface area contributed by atoms with Crippen molar-refractivity contribution in [1.29, 1.82) is 0 Å². The van der Waals surface area contributed by atoms with Gasteiger partial charge in [-0.05, 0) is 59.9 Å². The van der Waals surface area contributed by atoms with Crippen molar-refractivity contribution in [2.75, 3.05) is 26.2 Å². The standard InChI is InChI=1S/C14H20BrClN2O2S.ClH/c1-2-17-10-11-6-8-18(9-7-11)21(19,20)14-12(15)4-3-5-13(14)16;/h3-5,11,17H,2,6-10H2,1H3;1H. The molecule has 0 aromatic heterocycles. The van der Waals surface area contributed by atoms with Gasteiger partial charge in [0.25, 0.3) is 0 Å². The van der Waals surface area contributed by atoms with Crippen LogP contribution in [0.1, 0.15) is 19.8 Å². The van der Waals surface area contributed by atoms with Crippen molar-refractivity contribution in [3.63, 3.8) is 0 Å². The van der Waals surface area contributed by atoms with Crippen LogP contribution in [0.4, 0.5) is 0 Å². The van der Waals surface area contributed by atoms with Crippen LogP contribution in [0, 0.1) is 5.92 Å². The van der Waals surface area contributed by atoms with Gasteiger partial charge in [-0.3, -0.25) is 0 Å². The lowest BCUT2D eigenvalue weighted by Crippen LogP contribution is -2.40. The van der Waals surface area contributed by atoms with Gasteiger partial charge in [0.05, 0.1) is 5.02 Å². The van der Waals surface area contributed by atoms with E-state index in [1.165, 1.54) is 0 Å². The lowest BCUT2D eigenvalue weighted by atomic mass is 9.98. The third kappa shape index (κ3) is 4.58. The third-order valence-electron chi connectivity index (χ3n) is 3.77. The summed E-state index contributed by atoms with van der Waals surface area (Å²) in [5, 5.41) is 3.59. The molecule has 1 fully saturated rings. The summed E-state index contributed by atoms with van der Waals surface area (Å²) in [5.74, 6) is 0.547. The molecule has 0 aliphatic carbocycles. The SMILES string of the molecule is CCNCC1CCN(S(=O)(=O)c2c(Cl)cccc2Br)CC1.Cl. The topological polar surface area (TPSA) is 49.4 Å². The molecular formula is C14H21BrCl2N2O2S.